The Labute approximate surface area is 140 Å². The summed E-state index contributed by atoms with van der Waals surface area (Å²) in [5, 5.41) is 10.3. The Kier molecular flexibility index (Phi) is 5.02. The van der Waals surface area contributed by atoms with E-state index in [1.165, 1.54) is 0 Å². The van der Waals surface area contributed by atoms with Gasteiger partial charge in [-0.3, -0.25) is 14.5 Å². The molecule has 1 aromatic rings. The molecule has 0 bridgehead atoms. The van der Waals surface area contributed by atoms with Crippen molar-refractivity contribution in [2.45, 2.75) is 6.42 Å². The molecule has 0 radical (unpaired) electrons. The van der Waals surface area contributed by atoms with E-state index < -0.39 is 17.8 Å². The van der Waals surface area contributed by atoms with Crippen LogP contribution in [-0.2, 0) is 4.79 Å². The van der Waals surface area contributed by atoms with E-state index in [2.05, 4.69) is 0 Å². The zero-order chi connectivity index (χ0) is 11.7. The third kappa shape index (κ3) is 2.83. The minimum atomic E-state index is -1.28. The average Bonchev–Trinajstić information content (AvgIpc) is 2.50. The largest absolute Gasteiger partial charge is 1.00 e. The van der Waals surface area contributed by atoms with Crippen LogP contribution in [-0.4, -0.2) is 29.2 Å². The zero-order valence-corrected chi connectivity index (χ0v) is 12.4. The molecule has 2 amide bonds. The summed E-state index contributed by atoms with van der Waals surface area (Å²) in [7, 11) is 0. The molecule has 5 nitrogen and oxygen atoms in total. The summed E-state index contributed by atoms with van der Waals surface area (Å²) in [5.74, 6) is -2.17. The molecule has 0 fully saturated rings. The van der Waals surface area contributed by atoms with Crippen molar-refractivity contribution >= 4 is 17.8 Å². The van der Waals surface area contributed by atoms with Crippen molar-refractivity contribution in [3.8, 4) is 0 Å². The van der Waals surface area contributed by atoms with Gasteiger partial charge in [-0.25, -0.2) is 0 Å². The molecule has 0 unspecified atom stereocenters. The average molecular weight is 257 g/mol. The van der Waals surface area contributed by atoms with Crippen LogP contribution in [0.2, 0.25) is 0 Å². The number of aliphatic carboxylic acids is 1. The molecule has 1 heterocycles. The summed E-state index contributed by atoms with van der Waals surface area (Å²) in [6, 6.07) is 6.42. The Balaban J connectivity index is 0.00000144. The fourth-order valence-electron chi connectivity index (χ4n) is 1.65. The number of hydrogen-bond donors (Lipinski definition) is 0. The minimum Gasteiger partial charge on any atom is -0.550 e. The smallest absolute Gasteiger partial charge is 0.550 e. The molecular formula is C11H8KNO4. The number of fused-ring (bicyclic) bond motifs is 1. The van der Waals surface area contributed by atoms with Crippen LogP contribution in [0.5, 0.6) is 0 Å². The van der Waals surface area contributed by atoms with Crippen LogP contribution in [0.4, 0.5) is 0 Å². The van der Waals surface area contributed by atoms with E-state index in [0.29, 0.717) is 11.1 Å². The van der Waals surface area contributed by atoms with Gasteiger partial charge in [-0.2, -0.15) is 0 Å². The molecule has 0 saturated carbocycles. The van der Waals surface area contributed by atoms with Crippen molar-refractivity contribution in [3.05, 3.63) is 35.4 Å². The molecule has 2 rings (SSSR count). The maximum Gasteiger partial charge on any atom is 1.00 e. The maximum atomic E-state index is 11.7. The third-order valence-corrected chi connectivity index (χ3v) is 2.42. The first-order chi connectivity index (χ1) is 7.61. The Morgan fingerprint density at radius 1 is 1.12 bits per heavy atom. The summed E-state index contributed by atoms with van der Waals surface area (Å²) in [5.41, 5.74) is 0.650. The molecule has 0 N–H and O–H groups in total. The first-order valence-electron chi connectivity index (χ1n) is 4.76. The first kappa shape index (κ1) is 14.5. The van der Waals surface area contributed by atoms with Crippen LogP contribution >= 0.6 is 0 Å². The van der Waals surface area contributed by atoms with Gasteiger partial charge in [0.1, 0.15) is 0 Å². The SMILES string of the molecule is O=C([O-])CCN1C(=O)c2ccccc2C1=O.[K+]. The predicted molar refractivity (Wildman–Crippen MR) is 51.4 cm³/mol. The number of nitrogens with zero attached hydrogens (tertiary/aromatic N) is 1. The van der Waals surface area contributed by atoms with Gasteiger partial charge >= 0.3 is 51.4 Å². The summed E-state index contributed by atoms with van der Waals surface area (Å²) in [4.78, 5) is 34.6. The van der Waals surface area contributed by atoms with E-state index in [4.69, 9.17) is 0 Å². The zero-order valence-electron chi connectivity index (χ0n) is 9.30. The van der Waals surface area contributed by atoms with Crippen LogP contribution in [0.25, 0.3) is 0 Å². The van der Waals surface area contributed by atoms with Gasteiger partial charge in [0.05, 0.1) is 11.1 Å². The molecule has 1 aliphatic heterocycles. The van der Waals surface area contributed by atoms with Crippen LogP contribution in [0.3, 0.4) is 0 Å². The molecule has 6 heteroatoms. The second kappa shape index (κ2) is 5.88. The number of amides is 2. The number of rotatable bonds is 3. The van der Waals surface area contributed by atoms with E-state index in [1.54, 1.807) is 24.3 Å². The van der Waals surface area contributed by atoms with Gasteiger partial charge in [0, 0.05) is 18.9 Å². The Morgan fingerprint density at radius 3 is 2.00 bits per heavy atom. The van der Waals surface area contributed by atoms with E-state index >= 15 is 0 Å². The van der Waals surface area contributed by atoms with E-state index in [0.717, 1.165) is 4.90 Å². The quantitative estimate of drug-likeness (QED) is 0.414. The number of hydrogen-bond acceptors (Lipinski definition) is 4. The normalized spacial score (nSPS) is 13.3. The van der Waals surface area contributed by atoms with Crippen LogP contribution in [0.1, 0.15) is 27.1 Å². The molecule has 17 heavy (non-hydrogen) atoms. The first-order valence-corrected chi connectivity index (χ1v) is 4.76. The van der Waals surface area contributed by atoms with Crippen molar-refractivity contribution in [1.29, 1.82) is 0 Å². The van der Waals surface area contributed by atoms with Gasteiger partial charge in [-0.1, -0.05) is 12.1 Å². The summed E-state index contributed by atoms with van der Waals surface area (Å²) >= 11 is 0. The van der Waals surface area contributed by atoms with Gasteiger partial charge in [0.25, 0.3) is 11.8 Å². The van der Waals surface area contributed by atoms with E-state index in [1.807, 2.05) is 0 Å². The number of benzene rings is 1. The van der Waals surface area contributed by atoms with Crippen molar-refractivity contribution in [2.24, 2.45) is 0 Å². The standard InChI is InChI=1S/C11H9NO4.K/c13-9(14)5-6-12-10(15)7-3-1-2-4-8(7)11(12)16;/h1-4H,5-6H2,(H,13,14);/q;+1/p-1. The van der Waals surface area contributed by atoms with Crippen LogP contribution in [0.15, 0.2) is 24.3 Å². The molecule has 0 aromatic heterocycles. The van der Waals surface area contributed by atoms with Gasteiger partial charge in [-0.05, 0) is 12.1 Å². The fraction of sp³-hybridized carbons (Fsp3) is 0.182. The summed E-state index contributed by atoms with van der Waals surface area (Å²) in [6.07, 6.45) is -0.342. The van der Waals surface area contributed by atoms with E-state index in [-0.39, 0.29) is 64.4 Å². The molecule has 0 atom stereocenters. The van der Waals surface area contributed by atoms with E-state index in [9.17, 15) is 19.5 Å². The number of carboxylic acid groups (broad SMARTS) is 1. The molecular weight excluding hydrogens is 249 g/mol. The van der Waals surface area contributed by atoms with Gasteiger partial charge < -0.3 is 9.90 Å². The molecule has 0 aliphatic carbocycles. The Morgan fingerprint density at radius 2 is 1.59 bits per heavy atom. The van der Waals surface area contributed by atoms with Crippen LogP contribution in [0, 0.1) is 0 Å². The monoisotopic (exact) mass is 257 g/mol. The van der Waals surface area contributed by atoms with Gasteiger partial charge in [-0.15, -0.1) is 0 Å². The molecule has 0 spiro atoms. The maximum absolute atomic E-state index is 11.7. The van der Waals surface area contributed by atoms with Crippen molar-refractivity contribution in [2.75, 3.05) is 6.54 Å². The number of imide groups is 1. The predicted octanol–water partition coefficient (Wildman–Crippen LogP) is -3.57. The fourth-order valence-corrected chi connectivity index (χ4v) is 1.65. The summed E-state index contributed by atoms with van der Waals surface area (Å²) < 4.78 is 0. The molecule has 82 valence electrons. The third-order valence-electron chi connectivity index (χ3n) is 2.42. The van der Waals surface area contributed by atoms with Gasteiger partial charge in [0.2, 0.25) is 0 Å². The number of carbonyl (C=O) groups excluding carboxylic acids is 3. The van der Waals surface area contributed by atoms with Crippen LogP contribution < -0.4 is 56.5 Å². The Bertz CT molecular complexity index is 451. The number of carbonyl (C=O) groups is 3. The topological polar surface area (TPSA) is 77.5 Å². The number of carboxylic acids is 1. The van der Waals surface area contributed by atoms with Crippen molar-refractivity contribution in [1.82, 2.24) is 4.90 Å². The molecule has 1 aliphatic rings. The van der Waals surface area contributed by atoms with Gasteiger partial charge in [0.15, 0.2) is 0 Å². The molecule has 0 saturated heterocycles. The molecule has 1 aromatic carbocycles. The second-order valence-corrected chi connectivity index (χ2v) is 3.43. The second-order valence-electron chi connectivity index (χ2n) is 3.43. The minimum absolute atomic E-state index is 0. The Hall–Kier alpha value is -0.534. The summed E-state index contributed by atoms with van der Waals surface area (Å²) in [6.45, 7) is -0.144. The van der Waals surface area contributed by atoms with Crippen molar-refractivity contribution < 1.29 is 70.9 Å². The van der Waals surface area contributed by atoms with Crippen molar-refractivity contribution in [3.63, 3.8) is 0 Å².